The largest absolute Gasteiger partial charge is 0.467 e. The minimum Gasteiger partial charge on any atom is -0.467 e. The van der Waals surface area contributed by atoms with Crippen LogP contribution < -0.4 is 16.0 Å². The second kappa shape index (κ2) is 11.1. The Bertz CT molecular complexity index is 922. The van der Waals surface area contributed by atoms with Crippen LogP contribution in [0.25, 0.3) is 12.2 Å². The van der Waals surface area contributed by atoms with Crippen LogP contribution in [-0.4, -0.2) is 50.1 Å². The predicted molar refractivity (Wildman–Crippen MR) is 119 cm³/mol. The smallest absolute Gasteiger partial charge is 0.330 e. The molecule has 3 rings (SSSR count). The quantitative estimate of drug-likeness (QED) is 0.403. The van der Waals surface area contributed by atoms with Gasteiger partial charge in [0.15, 0.2) is 0 Å². The maximum absolute atomic E-state index is 12.6. The Balaban J connectivity index is 1.54. The van der Waals surface area contributed by atoms with E-state index in [-0.39, 0.29) is 19.0 Å². The van der Waals surface area contributed by atoms with Gasteiger partial charge < -0.3 is 20.7 Å². The summed E-state index contributed by atoms with van der Waals surface area (Å²) >= 11 is 0. The Morgan fingerprint density at radius 3 is 2.26 bits per heavy atom. The number of carbonyl (C=O) groups excluding carboxylic acids is 3. The van der Waals surface area contributed by atoms with Crippen molar-refractivity contribution < 1.29 is 19.1 Å². The van der Waals surface area contributed by atoms with E-state index in [1.54, 1.807) is 12.1 Å². The van der Waals surface area contributed by atoms with Gasteiger partial charge in [-0.05, 0) is 36.1 Å². The van der Waals surface area contributed by atoms with Crippen LogP contribution in [-0.2, 0) is 14.3 Å². The summed E-state index contributed by atoms with van der Waals surface area (Å²) in [5.74, 6) is -1.27. The SMILES string of the molecule is COC(=O)[C@H](CNC(=O)CNC1CC1)NC(=O)c1ccc(/C=C/c2ccccc2)cc1. The fourth-order valence-electron chi connectivity index (χ4n) is 2.88. The minimum absolute atomic E-state index is 0.0402. The first-order valence-electron chi connectivity index (χ1n) is 10.3. The lowest BCUT2D eigenvalue weighted by atomic mass is 10.1. The fourth-order valence-corrected chi connectivity index (χ4v) is 2.88. The molecule has 31 heavy (non-hydrogen) atoms. The van der Waals surface area contributed by atoms with E-state index < -0.39 is 17.9 Å². The van der Waals surface area contributed by atoms with Crippen molar-refractivity contribution >= 4 is 29.9 Å². The van der Waals surface area contributed by atoms with Gasteiger partial charge in [-0.2, -0.15) is 0 Å². The molecule has 3 N–H and O–H groups in total. The molecule has 0 radical (unpaired) electrons. The molecule has 2 aromatic rings. The van der Waals surface area contributed by atoms with Gasteiger partial charge in [-0.15, -0.1) is 0 Å². The zero-order chi connectivity index (χ0) is 22.1. The molecule has 0 unspecified atom stereocenters. The van der Waals surface area contributed by atoms with Crippen LogP contribution in [0.5, 0.6) is 0 Å². The number of rotatable bonds is 10. The Morgan fingerprint density at radius 2 is 1.65 bits per heavy atom. The van der Waals surface area contributed by atoms with E-state index in [4.69, 9.17) is 4.74 Å². The highest BCUT2D eigenvalue weighted by Gasteiger charge is 2.24. The van der Waals surface area contributed by atoms with Gasteiger partial charge in [0.1, 0.15) is 6.04 Å². The minimum atomic E-state index is -0.972. The number of carbonyl (C=O) groups is 3. The molecule has 0 aliphatic heterocycles. The predicted octanol–water partition coefficient (Wildman–Crippen LogP) is 2.00. The molecular weight excluding hydrogens is 394 g/mol. The Kier molecular flexibility index (Phi) is 7.95. The number of nitrogens with one attached hydrogen (secondary N) is 3. The topological polar surface area (TPSA) is 96.5 Å². The van der Waals surface area contributed by atoms with Crippen LogP contribution >= 0.6 is 0 Å². The van der Waals surface area contributed by atoms with Crippen molar-refractivity contribution in [3.63, 3.8) is 0 Å². The van der Waals surface area contributed by atoms with Gasteiger partial charge in [0.05, 0.1) is 13.7 Å². The van der Waals surface area contributed by atoms with Crippen LogP contribution in [0.15, 0.2) is 54.6 Å². The highest BCUT2D eigenvalue weighted by molar-refractivity contribution is 5.97. The second-order valence-electron chi connectivity index (χ2n) is 7.37. The van der Waals surface area contributed by atoms with E-state index in [1.807, 2.05) is 54.6 Å². The van der Waals surface area contributed by atoms with Gasteiger partial charge in [0, 0.05) is 18.2 Å². The summed E-state index contributed by atoms with van der Waals surface area (Å²) in [6, 6.07) is 16.4. The molecule has 2 amide bonds. The third-order valence-electron chi connectivity index (χ3n) is 4.86. The Morgan fingerprint density at radius 1 is 1.00 bits per heavy atom. The summed E-state index contributed by atoms with van der Waals surface area (Å²) in [6.07, 6.45) is 6.10. The van der Waals surface area contributed by atoms with Crippen molar-refractivity contribution in [3.05, 3.63) is 71.3 Å². The molecule has 1 saturated carbocycles. The van der Waals surface area contributed by atoms with Gasteiger partial charge in [0.2, 0.25) is 5.91 Å². The van der Waals surface area contributed by atoms with Gasteiger partial charge in [0.25, 0.3) is 5.91 Å². The third kappa shape index (κ3) is 7.38. The average Bonchev–Trinajstić information content (AvgIpc) is 3.64. The normalized spacial score (nSPS) is 14.1. The number of methoxy groups -OCH3 is 1. The van der Waals surface area contributed by atoms with Gasteiger partial charge in [-0.1, -0.05) is 54.6 Å². The molecule has 0 aromatic heterocycles. The van der Waals surface area contributed by atoms with Gasteiger partial charge in [-0.25, -0.2) is 4.79 Å². The first-order valence-corrected chi connectivity index (χ1v) is 10.3. The van der Waals surface area contributed by atoms with E-state index in [1.165, 1.54) is 7.11 Å². The molecule has 0 spiro atoms. The number of esters is 1. The molecule has 7 nitrogen and oxygen atoms in total. The lowest BCUT2D eigenvalue weighted by Gasteiger charge is -2.17. The Labute approximate surface area is 181 Å². The maximum Gasteiger partial charge on any atom is 0.330 e. The van der Waals surface area contributed by atoms with Crippen molar-refractivity contribution in [2.24, 2.45) is 0 Å². The second-order valence-corrected chi connectivity index (χ2v) is 7.37. The lowest BCUT2D eigenvalue weighted by Crippen LogP contribution is -2.50. The van der Waals surface area contributed by atoms with Gasteiger partial charge >= 0.3 is 5.97 Å². The fraction of sp³-hybridized carbons (Fsp3) is 0.292. The number of benzene rings is 2. The van der Waals surface area contributed by atoms with E-state index in [9.17, 15) is 14.4 Å². The molecule has 1 atom stereocenters. The monoisotopic (exact) mass is 421 g/mol. The first kappa shape index (κ1) is 22.2. The summed E-state index contributed by atoms with van der Waals surface area (Å²) in [5.41, 5.74) is 2.44. The van der Waals surface area contributed by atoms with Crippen LogP contribution in [0.2, 0.25) is 0 Å². The van der Waals surface area contributed by atoms with E-state index >= 15 is 0 Å². The van der Waals surface area contributed by atoms with E-state index in [0.717, 1.165) is 24.0 Å². The summed E-state index contributed by atoms with van der Waals surface area (Å²) in [7, 11) is 1.24. The highest BCUT2D eigenvalue weighted by atomic mass is 16.5. The van der Waals surface area contributed by atoms with Crippen molar-refractivity contribution in [2.45, 2.75) is 24.9 Å². The van der Waals surface area contributed by atoms with E-state index in [2.05, 4.69) is 16.0 Å². The molecular formula is C24H27N3O4. The summed E-state index contributed by atoms with van der Waals surface area (Å²) < 4.78 is 4.75. The zero-order valence-electron chi connectivity index (χ0n) is 17.5. The first-order chi connectivity index (χ1) is 15.0. The number of hydrogen-bond acceptors (Lipinski definition) is 5. The summed E-state index contributed by atoms with van der Waals surface area (Å²) in [6.45, 7) is 0.145. The van der Waals surface area contributed by atoms with Crippen molar-refractivity contribution in [2.75, 3.05) is 20.2 Å². The summed E-state index contributed by atoms with van der Waals surface area (Å²) in [5, 5.41) is 8.38. The number of hydrogen-bond donors (Lipinski definition) is 3. The van der Waals surface area contributed by atoms with Crippen molar-refractivity contribution in [1.82, 2.24) is 16.0 Å². The maximum atomic E-state index is 12.6. The lowest BCUT2D eigenvalue weighted by molar-refractivity contribution is -0.142. The molecule has 0 heterocycles. The molecule has 1 aliphatic carbocycles. The average molecular weight is 421 g/mol. The molecule has 1 fully saturated rings. The summed E-state index contributed by atoms with van der Waals surface area (Å²) in [4.78, 5) is 36.5. The highest BCUT2D eigenvalue weighted by Crippen LogP contribution is 2.17. The molecule has 7 heteroatoms. The van der Waals surface area contributed by atoms with Crippen molar-refractivity contribution in [1.29, 1.82) is 0 Å². The van der Waals surface area contributed by atoms with Crippen molar-refractivity contribution in [3.8, 4) is 0 Å². The van der Waals surface area contributed by atoms with E-state index in [0.29, 0.717) is 11.6 Å². The standard InChI is InChI=1S/C24H27N3O4/c1-31-24(30)21(15-26-22(28)16-25-20-13-14-20)27-23(29)19-11-9-18(10-12-19)8-7-17-5-3-2-4-6-17/h2-12,20-21,25H,13-16H2,1H3,(H,26,28)(H,27,29)/b8-7+/t21-/m0/s1. The molecule has 1 aliphatic rings. The third-order valence-corrected chi connectivity index (χ3v) is 4.86. The molecule has 2 aromatic carbocycles. The van der Waals surface area contributed by atoms with Crippen LogP contribution in [0.4, 0.5) is 0 Å². The number of amides is 2. The number of ether oxygens (including phenoxy) is 1. The molecule has 0 saturated heterocycles. The van der Waals surface area contributed by atoms with Gasteiger partial charge in [-0.3, -0.25) is 9.59 Å². The Hall–Kier alpha value is -3.45. The van der Waals surface area contributed by atoms with Crippen LogP contribution in [0.3, 0.4) is 0 Å². The zero-order valence-corrected chi connectivity index (χ0v) is 17.5. The van der Waals surface area contributed by atoms with Crippen LogP contribution in [0.1, 0.15) is 34.3 Å². The molecule has 0 bridgehead atoms. The van der Waals surface area contributed by atoms with Crippen LogP contribution in [0, 0.1) is 0 Å². The molecule has 162 valence electrons.